The van der Waals surface area contributed by atoms with Crippen molar-refractivity contribution < 1.29 is 24.2 Å². The van der Waals surface area contributed by atoms with E-state index in [1.807, 2.05) is 58.0 Å². The van der Waals surface area contributed by atoms with Crippen LogP contribution in [0.25, 0.3) is 16.0 Å². The van der Waals surface area contributed by atoms with Crippen LogP contribution in [0.3, 0.4) is 0 Å². The topological polar surface area (TPSA) is 89.0 Å². The van der Waals surface area contributed by atoms with E-state index in [1.54, 1.807) is 30.3 Å². The number of Topliss-reactive ketones (excluding diaryl/α,β-unsaturated/α-hetero) is 1. The first-order valence-corrected chi connectivity index (χ1v) is 13.3. The summed E-state index contributed by atoms with van der Waals surface area (Å²) in [6.07, 6.45) is 0. The highest BCUT2D eigenvalue weighted by atomic mass is 32.1. The van der Waals surface area contributed by atoms with E-state index in [0.29, 0.717) is 41.0 Å². The summed E-state index contributed by atoms with van der Waals surface area (Å²) in [4.78, 5) is 33.2. The zero-order valence-corrected chi connectivity index (χ0v) is 22.5. The van der Waals surface area contributed by atoms with Gasteiger partial charge in [0.25, 0.3) is 5.78 Å². The van der Waals surface area contributed by atoms with E-state index in [-0.39, 0.29) is 11.3 Å². The summed E-state index contributed by atoms with van der Waals surface area (Å²) < 4.78 is 12.1. The van der Waals surface area contributed by atoms with Crippen molar-refractivity contribution in [2.75, 3.05) is 18.1 Å². The summed E-state index contributed by atoms with van der Waals surface area (Å²) in [5, 5.41) is 11.8. The first kappa shape index (κ1) is 25.5. The minimum atomic E-state index is -0.885. The lowest BCUT2D eigenvalue weighted by Gasteiger charge is -2.23. The summed E-state index contributed by atoms with van der Waals surface area (Å²) in [6.45, 7) is 8.72. The Morgan fingerprint density at radius 3 is 2.39 bits per heavy atom. The predicted molar refractivity (Wildman–Crippen MR) is 149 cm³/mol. The van der Waals surface area contributed by atoms with Gasteiger partial charge in [-0.2, -0.15) is 0 Å². The lowest BCUT2D eigenvalue weighted by molar-refractivity contribution is -0.132. The monoisotopic (exact) mass is 528 g/mol. The summed E-state index contributed by atoms with van der Waals surface area (Å²) >= 11 is 1.35. The van der Waals surface area contributed by atoms with Crippen LogP contribution in [0.2, 0.25) is 0 Å². The van der Waals surface area contributed by atoms with Crippen molar-refractivity contribution in [3.63, 3.8) is 0 Å². The Hall–Kier alpha value is -4.17. The molecule has 194 valence electrons. The summed E-state index contributed by atoms with van der Waals surface area (Å²) in [7, 11) is 0. The Balaban J connectivity index is 1.70. The quantitative estimate of drug-likeness (QED) is 0.171. The molecule has 5 rings (SSSR count). The second kappa shape index (κ2) is 10.3. The largest absolute Gasteiger partial charge is 0.507 e. The summed E-state index contributed by atoms with van der Waals surface area (Å²) in [6, 6.07) is 17.2. The fourth-order valence-corrected chi connectivity index (χ4v) is 5.95. The summed E-state index contributed by atoms with van der Waals surface area (Å²) in [5.41, 5.74) is 3.90. The van der Waals surface area contributed by atoms with Gasteiger partial charge in [-0.3, -0.25) is 14.5 Å². The molecule has 0 spiro atoms. The number of thiazole rings is 1. The van der Waals surface area contributed by atoms with Gasteiger partial charge in [0.05, 0.1) is 35.0 Å². The minimum absolute atomic E-state index is 0.0000306. The lowest BCUT2D eigenvalue weighted by Crippen LogP contribution is -2.29. The average molecular weight is 529 g/mol. The van der Waals surface area contributed by atoms with Crippen LogP contribution in [0, 0.1) is 13.8 Å². The van der Waals surface area contributed by atoms with Gasteiger partial charge >= 0.3 is 5.91 Å². The van der Waals surface area contributed by atoms with Crippen molar-refractivity contribution in [3.05, 3.63) is 88.5 Å². The molecule has 8 heteroatoms. The molecule has 1 unspecified atom stereocenters. The van der Waals surface area contributed by atoms with E-state index in [2.05, 4.69) is 0 Å². The van der Waals surface area contributed by atoms with Crippen LogP contribution in [0.1, 0.15) is 42.1 Å². The van der Waals surface area contributed by atoms with Crippen molar-refractivity contribution in [1.29, 1.82) is 0 Å². The Bertz CT molecular complexity index is 1570. The number of nitrogens with zero attached hydrogens (tertiary/aromatic N) is 2. The molecule has 38 heavy (non-hydrogen) atoms. The van der Waals surface area contributed by atoms with Crippen molar-refractivity contribution in [3.8, 4) is 11.5 Å². The maximum atomic E-state index is 13.6. The van der Waals surface area contributed by atoms with Crippen LogP contribution in [0.4, 0.5) is 5.13 Å². The van der Waals surface area contributed by atoms with Crippen molar-refractivity contribution in [2.24, 2.45) is 0 Å². The van der Waals surface area contributed by atoms with Crippen LogP contribution in [0.15, 0.2) is 66.2 Å². The van der Waals surface area contributed by atoms with Gasteiger partial charge in [-0.05, 0) is 86.8 Å². The van der Waals surface area contributed by atoms with E-state index in [0.717, 1.165) is 21.3 Å². The van der Waals surface area contributed by atoms with Crippen LogP contribution in [0.5, 0.6) is 11.5 Å². The third kappa shape index (κ3) is 4.52. The maximum absolute atomic E-state index is 13.6. The normalized spacial score (nSPS) is 16.8. The molecule has 1 aliphatic heterocycles. The van der Waals surface area contributed by atoms with Crippen LogP contribution in [-0.4, -0.2) is 35.0 Å². The molecule has 0 saturated carbocycles. The van der Waals surface area contributed by atoms with Gasteiger partial charge in [0.15, 0.2) is 5.13 Å². The van der Waals surface area contributed by atoms with Crippen LogP contribution >= 0.6 is 11.3 Å². The third-order valence-electron chi connectivity index (χ3n) is 6.39. The predicted octanol–water partition coefficient (Wildman–Crippen LogP) is 6.34. The first-order valence-electron chi connectivity index (χ1n) is 12.5. The van der Waals surface area contributed by atoms with Gasteiger partial charge in [0.1, 0.15) is 17.3 Å². The molecule has 2 heterocycles. The molecule has 0 bridgehead atoms. The van der Waals surface area contributed by atoms with Gasteiger partial charge in [0, 0.05) is 5.56 Å². The molecular formula is C30H28N2O5S. The number of fused-ring (bicyclic) bond motifs is 1. The van der Waals surface area contributed by atoms with Crippen molar-refractivity contribution >= 4 is 44.1 Å². The fraction of sp³-hybridized carbons (Fsp3) is 0.233. The zero-order valence-electron chi connectivity index (χ0n) is 21.6. The second-order valence-electron chi connectivity index (χ2n) is 9.06. The Morgan fingerprint density at radius 1 is 0.974 bits per heavy atom. The number of benzene rings is 3. The molecular weight excluding hydrogens is 500 g/mol. The van der Waals surface area contributed by atoms with Gasteiger partial charge in [-0.1, -0.05) is 29.5 Å². The highest BCUT2D eigenvalue weighted by molar-refractivity contribution is 7.22. The number of ether oxygens (including phenoxy) is 2. The maximum Gasteiger partial charge on any atom is 0.301 e. The molecule has 7 nitrogen and oxygen atoms in total. The summed E-state index contributed by atoms with van der Waals surface area (Å²) in [5.74, 6) is -0.514. The molecule has 3 aromatic carbocycles. The van der Waals surface area contributed by atoms with Crippen molar-refractivity contribution in [2.45, 2.75) is 33.7 Å². The number of anilines is 1. The van der Waals surface area contributed by atoms with Crippen LogP contribution < -0.4 is 14.4 Å². The number of aliphatic hydroxyl groups is 1. The number of aromatic nitrogens is 1. The fourth-order valence-electron chi connectivity index (χ4n) is 4.78. The Labute approximate surface area is 225 Å². The number of amides is 1. The number of hydrogen-bond donors (Lipinski definition) is 1. The molecule has 1 saturated heterocycles. The van der Waals surface area contributed by atoms with Crippen molar-refractivity contribution in [1.82, 2.24) is 4.98 Å². The lowest BCUT2D eigenvalue weighted by atomic mass is 9.95. The number of rotatable bonds is 7. The van der Waals surface area contributed by atoms with E-state index in [9.17, 15) is 14.7 Å². The van der Waals surface area contributed by atoms with Crippen LogP contribution in [-0.2, 0) is 9.59 Å². The Kier molecular flexibility index (Phi) is 6.91. The third-order valence-corrected chi connectivity index (χ3v) is 7.39. The number of ketones is 1. The molecule has 1 N–H and O–H groups in total. The molecule has 0 aliphatic carbocycles. The number of aliphatic hydroxyl groups excluding tert-OH is 1. The molecule has 1 fully saturated rings. The number of carbonyl (C=O) groups excluding carboxylic acids is 2. The minimum Gasteiger partial charge on any atom is -0.507 e. The van der Waals surface area contributed by atoms with Gasteiger partial charge in [-0.15, -0.1) is 0 Å². The average Bonchev–Trinajstić information content (AvgIpc) is 3.43. The number of aryl methyl sites for hydroxylation is 2. The SMILES string of the molecule is CCOc1ccc(C(O)=C2C(=O)C(=O)N(c3nc4c(C)cc(C)cc4s3)C2c2cccc(OCC)c2)cc1. The Morgan fingerprint density at radius 2 is 1.68 bits per heavy atom. The molecule has 1 amide bonds. The number of carbonyl (C=O) groups is 2. The number of hydrogen-bond acceptors (Lipinski definition) is 7. The van der Waals surface area contributed by atoms with E-state index in [1.165, 1.54) is 16.2 Å². The molecule has 1 aliphatic rings. The standard InChI is InChI=1S/C30H28N2O5S/c1-5-36-21-12-10-19(11-13-21)27(33)24-26(20-8-7-9-22(16-20)37-6-2)32(29(35)28(24)34)30-31-25-18(4)14-17(3)15-23(25)38-30/h7-16,26,33H,5-6H2,1-4H3. The molecule has 4 aromatic rings. The van der Waals surface area contributed by atoms with Gasteiger partial charge in [-0.25, -0.2) is 4.98 Å². The molecule has 1 atom stereocenters. The smallest absolute Gasteiger partial charge is 0.301 e. The van der Waals surface area contributed by atoms with E-state index < -0.39 is 17.7 Å². The first-order chi connectivity index (χ1) is 18.3. The van der Waals surface area contributed by atoms with Gasteiger partial charge in [0.2, 0.25) is 0 Å². The van der Waals surface area contributed by atoms with E-state index >= 15 is 0 Å². The zero-order chi connectivity index (χ0) is 27.0. The highest BCUT2D eigenvalue weighted by Gasteiger charge is 2.48. The molecule has 1 aromatic heterocycles. The second-order valence-corrected chi connectivity index (χ2v) is 10.1. The molecule has 0 radical (unpaired) electrons. The highest BCUT2D eigenvalue weighted by Crippen LogP contribution is 2.45. The van der Waals surface area contributed by atoms with E-state index in [4.69, 9.17) is 14.5 Å². The van der Waals surface area contributed by atoms with Gasteiger partial charge < -0.3 is 14.6 Å².